The predicted molar refractivity (Wildman–Crippen MR) is 77.0 cm³/mol. The summed E-state index contributed by atoms with van der Waals surface area (Å²) in [6.45, 7) is 0. The number of carbonyl (C=O) groups excluding carboxylic acids is 2. The van der Waals surface area contributed by atoms with E-state index in [-0.39, 0.29) is 23.8 Å². The first-order valence-electron chi connectivity index (χ1n) is 7.76. The van der Waals surface area contributed by atoms with Crippen molar-refractivity contribution in [1.29, 1.82) is 0 Å². The predicted octanol–water partition coefficient (Wildman–Crippen LogP) is 3.49. The second-order valence-corrected chi connectivity index (χ2v) is 5.90. The first-order chi connectivity index (χ1) is 10.2. The lowest BCUT2D eigenvalue weighted by molar-refractivity contribution is -0.143. The largest absolute Gasteiger partial charge is 0.422 e. The molecule has 0 aliphatic heterocycles. The molecule has 4 heteroatoms. The average molecular weight is 288 g/mol. The number of benzene rings is 1. The summed E-state index contributed by atoms with van der Waals surface area (Å²) >= 11 is 0. The second-order valence-electron chi connectivity index (χ2n) is 5.90. The van der Waals surface area contributed by atoms with E-state index in [2.05, 4.69) is 0 Å². The van der Waals surface area contributed by atoms with Crippen LogP contribution < -0.4 is 9.47 Å². The maximum Gasteiger partial charge on any atom is 0.314 e. The summed E-state index contributed by atoms with van der Waals surface area (Å²) in [5, 5.41) is 0. The third kappa shape index (κ3) is 3.26. The highest BCUT2D eigenvalue weighted by Gasteiger charge is 2.29. The van der Waals surface area contributed by atoms with Gasteiger partial charge in [-0.1, -0.05) is 31.4 Å². The molecule has 1 aromatic rings. The molecule has 2 aliphatic rings. The monoisotopic (exact) mass is 288 g/mol. The maximum absolute atomic E-state index is 12.1. The highest BCUT2D eigenvalue weighted by Crippen LogP contribution is 2.33. The lowest BCUT2D eigenvalue weighted by Crippen LogP contribution is -2.26. The lowest BCUT2D eigenvalue weighted by atomic mass is 9.86. The maximum atomic E-state index is 12.1. The van der Waals surface area contributed by atoms with Gasteiger partial charge in [-0.2, -0.15) is 0 Å². The Bertz CT molecular complexity index is 527. The van der Waals surface area contributed by atoms with E-state index in [4.69, 9.17) is 9.47 Å². The van der Waals surface area contributed by atoms with Crippen LogP contribution in [0.5, 0.6) is 11.5 Å². The van der Waals surface area contributed by atoms with E-state index in [0.717, 1.165) is 44.9 Å². The molecule has 0 radical (unpaired) electrons. The summed E-state index contributed by atoms with van der Waals surface area (Å²) < 4.78 is 10.8. The molecule has 1 aromatic carbocycles. The van der Waals surface area contributed by atoms with Crippen LogP contribution >= 0.6 is 0 Å². The van der Waals surface area contributed by atoms with Crippen molar-refractivity contribution in [3.8, 4) is 11.5 Å². The number of para-hydroxylation sites is 2. The van der Waals surface area contributed by atoms with E-state index in [0.29, 0.717) is 11.5 Å². The van der Waals surface area contributed by atoms with Crippen molar-refractivity contribution in [2.45, 2.75) is 44.9 Å². The zero-order chi connectivity index (χ0) is 14.7. The van der Waals surface area contributed by atoms with Gasteiger partial charge in [-0.3, -0.25) is 9.59 Å². The summed E-state index contributed by atoms with van der Waals surface area (Å²) in [5.41, 5.74) is 0. The standard InChI is InChI=1S/C17H20O4/c18-16(12-6-1-2-7-12)20-14-10-3-4-11-15(14)21-17(19)13-8-5-9-13/h3-4,10-13H,1-2,5-9H2. The highest BCUT2D eigenvalue weighted by atomic mass is 16.6. The van der Waals surface area contributed by atoms with Gasteiger partial charge in [-0.05, 0) is 37.8 Å². The van der Waals surface area contributed by atoms with Crippen LogP contribution in [-0.2, 0) is 9.59 Å². The van der Waals surface area contributed by atoms with E-state index >= 15 is 0 Å². The molecule has 3 rings (SSSR count). The van der Waals surface area contributed by atoms with Crippen molar-refractivity contribution >= 4 is 11.9 Å². The first-order valence-corrected chi connectivity index (χ1v) is 7.76. The zero-order valence-electron chi connectivity index (χ0n) is 12.0. The second kappa shape index (κ2) is 6.29. The number of ether oxygens (including phenoxy) is 2. The molecule has 0 N–H and O–H groups in total. The van der Waals surface area contributed by atoms with Gasteiger partial charge in [-0.25, -0.2) is 0 Å². The van der Waals surface area contributed by atoms with Crippen LogP contribution in [0.25, 0.3) is 0 Å². The Hall–Kier alpha value is -1.84. The fourth-order valence-electron chi connectivity index (χ4n) is 2.81. The van der Waals surface area contributed by atoms with Crippen LogP contribution in [-0.4, -0.2) is 11.9 Å². The summed E-state index contributed by atoms with van der Waals surface area (Å²) in [6.07, 6.45) is 6.81. The minimum atomic E-state index is -0.217. The van der Waals surface area contributed by atoms with Gasteiger partial charge in [0, 0.05) is 0 Å². The summed E-state index contributed by atoms with van der Waals surface area (Å²) in [4.78, 5) is 24.0. The van der Waals surface area contributed by atoms with E-state index in [1.54, 1.807) is 24.3 Å². The third-order valence-corrected chi connectivity index (χ3v) is 4.40. The molecule has 0 bridgehead atoms. The number of carbonyl (C=O) groups is 2. The molecule has 2 fully saturated rings. The smallest absolute Gasteiger partial charge is 0.314 e. The van der Waals surface area contributed by atoms with Gasteiger partial charge in [0.1, 0.15) is 0 Å². The van der Waals surface area contributed by atoms with Crippen molar-refractivity contribution in [3.63, 3.8) is 0 Å². The van der Waals surface area contributed by atoms with Gasteiger partial charge in [0.05, 0.1) is 11.8 Å². The Morgan fingerprint density at radius 2 is 1.19 bits per heavy atom. The van der Waals surface area contributed by atoms with E-state index < -0.39 is 0 Å². The molecule has 21 heavy (non-hydrogen) atoms. The Morgan fingerprint density at radius 3 is 1.57 bits per heavy atom. The van der Waals surface area contributed by atoms with E-state index in [1.165, 1.54) is 0 Å². The Morgan fingerprint density at radius 1 is 0.762 bits per heavy atom. The SMILES string of the molecule is O=C(Oc1ccccc1OC(=O)C1CCC1)C1CCCC1. The molecule has 0 amide bonds. The van der Waals surface area contributed by atoms with Gasteiger partial charge >= 0.3 is 11.9 Å². The molecule has 0 atom stereocenters. The molecule has 0 aromatic heterocycles. The molecule has 0 heterocycles. The molecule has 0 saturated heterocycles. The molecule has 0 spiro atoms. The Kier molecular flexibility index (Phi) is 4.23. The van der Waals surface area contributed by atoms with Crippen molar-refractivity contribution < 1.29 is 19.1 Å². The van der Waals surface area contributed by atoms with Crippen LogP contribution in [0.1, 0.15) is 44.9 Å². The van der Waals surface area contributed by atoms with Gasteiger partial charge in [0.15, 0.2) is 11.5 Å². The van der Waals surface area contributed by atoms with Crippen LogP contribution in [0.2, 0.25) is 0 Å². The summed E-state index contributed by atoms with van der Waals surface area (Å²) in [6, 6.07) is 6.90. The van der Waals surface area contributed by atoms with Crippen molar-refractivity contribution in [2.75, 3.05) is 0 Å². The van der Waals surface area contributed by atoms with Gasteiger partial charge in [0.2, 0.25) is 0 Å². The van der Waals surface area contributed by atoms with E-state index in [1.807, 2.05) is 0 Å². The van der Waals surface area contributed by atoms with Gasteiger partial charge in [-0.15, -0.1) is 0 Å². The van der Waals surface area contributed by atoms with Crippen molar-refractivity contribution in [2.24, 2.45) is 11.8 Å². The Balaban J connectivity index is 1.66. The minimum Gasteiger partial charge on any atom is -0.422 e. The molecule has 112 valence electrons. The number of hydrogen-bond acceptors (Lipinski definition) is 4. The van der Waals surface area contributed by atoms with Crippen LogP contribution in [0.3, 0.4) is 0 Å². The quantitative estimate of drug-likeness (QED) is 0.628. The molecule has 0 unspecified atom stereocenters. The summed E-state index contributed by atoms with van der Waals surface area (Å²) in [7, 11) is 0. The minimum absolute atomic E-state index is 0.00332. The number of hydrogen-bond donors (Lipinski definition) is 0. The molecular weight excluding hydrogens is 268 g/mol. The van der Waals surface area contributed by atoms with Crippen molar-refractivity contribution in [1.82, 2.24) is 0 Å². The van der Waals surface area contributed by atoms with Gasteiger partial charge < -0.3 is 9.47 Å². The topological polar surface area (TPSA) is 52.6 Å². The fourth-order valence-corrected chi connectivity index (χ4v) is 2.81. The van der Waals surface area contributed by atoms with Crippen molar-refractivity contribution in [3.05, 3.63) is 24.3 Å². The van der Waals surface area contributed by atoms with E-state index in [9.17, 15) is 9.59 Å². The molecule has 2 saturated carbocycles. The van der Waals surface area contributed by atoms with Gasteiger partial charge in [0.25, 0.3) is 0 Å². The molecule has 4 nitrogen and oxygen atoms in total. The molecular formula is C17H20O4. The normalized spacial score (nSPS) is 19.0. The lowest BCUT2D eigenvalue weighted by Gasteiger charge is -2.23. The summed E-state index contributed by atoms with van der Waals surface area (Å²) in [5.74, 6) is 0.261. The third-order valence-electron chi connectivity index (χ3n) is 4.40. The number of rotatable bonds is 4. The average Bonchev–Trinajstić information content (AvgIpc) is 2.93. The first kappa shape index (κ1) is 14.1. The molecule has 2 aliphatic carbocycles. The zero-order valence-corrected chi connectivity index (χ0v) is 12.0. The number of esters is 2. The highest BCUT2D eigenvalue weighted by molar-refractivity contribution is 5.79. The Labute approximate surface area is 124 Å². The van der Waals surface area contributed by atoms with Crippen LogP contribution in [0.15, 0.2) is 24.3 Å². The van der Waals surface area contributed by atoms with Crippen LogP contribution in [0.4, 0.5) is 0 Å². The van der Waals surface area contributed by atoms with Crippen LogP contribution in [0, 0.1) is 11.8 Å². The fraction of sp³-hybridized carbons (Fsp3) is 0.529.